The van der Waals surface area contributed by atoms with Crippen LogP contribution < -0.4 is 5.32 Å². The zero-order valence-electron chi connectivity index (χ0n) is 10.8. The number of thioether (sulfide) groups is 1. The van der Waals surface area contributed by atoms with Crippen molar-refractivity contribution in [3.63, 3.8) is 0 Å². The van der Waals surface area contributed by atoms with Crippen LogP contribution in [-0.4, -0.2) is 38.0 Å². The fourth-order valence-corrected chi connectivity index (χ4v) is 2.41. The van der Waals surface area contributed by atoms with Crippen molar-refractivity contribution in [2.24, 2.45) is 0 Å². The zero-order valence-corrected chi connectivity index (χ0v) is 11.6. The van der Waals surface area contributed by atoms with Gasteiger partial charge in [0.05, 0.1) is 6.04 Å². The summed E-state index contributed by atoms with van der Waals surface area (Å²) in [6.45, 7) is 7.61. The third-order valence-corrected chi connectivity index (χ3v) is 3.58. The van der Waals surface area contributed by atoms with Gasteiger partial charge in [0, 0.05) is 11.3 Å². The summed E-state index contributed by atoms with van der Waals surface area (Å²) in [6, 6.07) is 0.570. The highest BCUT2D eigenvalue weighted by molar-refractivity contribution is 7.99. The topological polar surface area (TPSA) is 55.6 Å². The molecule has 0 saturated heterocycles. The molecule has 0 aliphatic heterocycles. The molecule has 0 unspecified atom stereocenters. The lowest BCUT2D eigenvalue weighted by atomic mass is 10.1. The molecule has 96 valence electrons. The molecule has 1 saturated carbocycles. The van der Waals surface area contributed by atoms with Crippen molar-refractivity contribution >= 4 is 11.8 Å². The minimum Gasteiger partial charge on any atom is -0.312 e. The predicted octanol–water partition coefficient (Wildman–Crippen LogP) is 1.88. The summed E-state index contributed by atoms with van der Waals surface area (Å²) in [5.41, 5.74) is 0.209. The molecule has 6 heteroatoms. The van der Waals surface area contributed by atoms with Crippen LogP contribution in [0.1, 0.15) is 46.1 Å². The van der Waals surface area contributed by atoms with E-state index < -0.39 is 0 Å². The minimum atomic E-state index is 0.209. The molecule has 0 aromatic carbocycles. The van der Waals surface area contributed by atoms with Crippen molar-refractivity contribution in [1.82, 2.24) is 25.5 Å². The van der Waals surface area contributed by atoms with Crippen LogP contribution in [0.25, 0.3) is 0 Å². The second-order valence-electron chi connectivity index (χ2n) is 5.52. The Morgan fingerprint density at radius 1 is 1.41 bits per heavy atom. The summed E-state index contributed by atoms with van der Waals surface area (Å²) < 4.78 is 1.97. The molecule has 1 aliphatic rings. The van der Waals surface area contributed by atoms with E-state index in [-0.39, 0.29) is 5.54 Å². The molecule has 5 nitrogen and oxygen atoms in total. The van der Waals surface area contributed by atoms with E-state index in [4.69, 9.17) is 0 Å². The van der Waals surface area contributed by atoms with Gasteiger partial charge in [-0.25, -0.2) is 4.68 Å². The highest BCUT2D eigenvalue weighted by Crippen LogP contribution is 2.36. The number of nitrogens with zero attached hydrogens (tertiary/aromatic N) is 4. The number of nitrogens with one attached hydrogen (secondary N) is 1. The fraction of sp³-hybridized carbons (Fsp3) is 0.909. The van der Waals surface area contributed by atoms with E-state index in [1.807, 2.05) is 4.68 Å². The minimum absolute atomic E-state index is 0.209. The first-order valence-corrected chi connectivity index (χ1v) is 7.20. The molecule has 1 aliphatic carbocycles. The van der Waals surface area contributed by atoms with Crippen molar-refractivity contribution < 1.29 is 0 Å². The van der Waals surface area contributed by atoms with E-state index in [1.54, 1.807) is 11.8 Å². The average molecular weight is 255 g/mol. The summed E-state index contributed by atoms with van der Waals surface area (Å²) >= 11 is 1.76. The van der Waals surface area contributed by atoms with Gasteiger partial charge in [-0.15, -0.1) is 5.10 Å². The quantitative estimate of drug-likeness (QED) is 0.621. The van der Waals surface area contributed by atoms with Gasteiger partial charge in [0.2, 0.25) is 5.16 Å². The van der Waals surface area contributed by atoms with Crippen LogP contribution in [0.2, 0.25) is 0 Å². The van der Waals surface area contributed by atoms with Crippen LogP contribution in [0, 0.1) is 0 Å². The van der Waals surface area contributed by atoms with Gasteiger partial charge >= 0.3 is 0 Å². The Labute approximate surface area is 107 Å². The molecular weight excluding hydrogens is 234 g/mol. The van der Waals surface area contributed by atoms with E-state index in [0.717, 1.165) is 23.9 Å². The Hall–Kier alpha value is -0.620. The van der Waals surface area contributed by atoms with Crippen LogP contribution >= 0.6 is 11.8 Å². The second kappa shape index (κ2) is 5.35. The number of rotatable bonds is 6. The molecular formula is C11H21N5S. The maximum atomic E-state index is 4.07. The van der Waals surface area contributed by atoms with Gasteiger partial charge in [-0.05, 0) is 57.0 Å². The molecule has 0 amide bonds. The molecule has 1 aromatic rings. The van der Waals surface area contributed by atoms with Gasteiger partial charge in [0.1, 0.15) is 0 Å². The van der Waals surface area contributed by atoms with Crippen LogP contribution in [0.3, 0.4) is 0 Å². The van der Waals surface area contributed by atoms with Gasteiger partial charge in [-0.1, -0.05) is 11.8 Å². The Balaban J connectivity index is 1.66. The maximum absolute atomic E-state index is 4.07. The van der Waals surface area contributed by atoms with E-state index in [0.29, 0.717) is 6.04 Å². The number of tetrazole rings is 1. The van der Waals surface area contributed by atoms with Gasteiger partial charge in [-0.3, -0.25) is 0 Å². The highest BCUT2D eigenvalue weighted by Gasteiger charge is 2.27. The highest BCUT2D eigenvalue weighted by atomic mass is 32.2. The molecule has 0 spiro atoms. The zero-order chi connectivity index (χ0) is 12.3. The van der Waals surface area contributed by atoms with Gasteiger partial charge in [-0.2, -0.15) is 0 Å². The standard InChI is InChI=1S/C11H21N5S/c1-11(2,3)12-7-4-8-17-10-13-14-15-16(10)9-5-6-9/h9,12H,4-8H2,1-3H3. The van der Waals surface area contributed by atoms with Crippen LogP contribution in [0.5, 0.6) is 0 Å². The molecule has 0 radical (unpaired) electrons. The number of hydrogen-bond donors (Lipinski definition) is 1. The van der Waals surface area contributed by atoms with Crippen LogP contribution in [-0.2, 0) is 0 Å². The number of hydrogen-bond acceptors (Lipinski definition) is 5. The van der Waals surface area contributed by atoms with E-state index in [1.165, 1.54) is 12.8 Å². The molecule has 2 rings (SSSR count). The third kappa shape index (κ3) is 4.27. The predicted molar refractivity (Wildman–Crippen MR) is 69.2 cm³/mol. The summed E-state index contributed by atoms with van der Waals surface area (Å²) in [4.78, 5) is 0. The third-order valence-electron chi connectivity index (χ3n) is 2.56. The van der Waals surface area contributed by atoms with E-state index in [2.05, 4.69) is 41.6 Å². The van der Waals surface area contributed by atoms with Crippen LogP contribution in [0.15, 0.2) is 5.16 Å². The summed E-state index contributed by atoms with van der Waals surface area (Å²) in [6.07, 6.45) is 3.59. The SMILES string of the molecule is CC(C)(C)NCCCSc1nnnn1C1CC1. The van der Waals surface area contributed by atoms with Gasteiger partial charge in [0.15, 0.2) is 0 Å². The molecule has 17 heavy (non-hydrogen) atoms. The summed E-state index contributed by atoms with van der Waals surface area (Å²) in [5, 5.41) is 16.3. The first-order chi connectivity index (χ1) is 8.06. The lowest BCUT2D eigenvalue weighted by Gasteiger charge is -2.20. The molecule has 1 N–H and O–H groups in total. The Kier molecular flexibility index (Phi) is 4.04. The molecule has 1 fully saturated rings. The summed E-state index contributed by atoms with van der Waals surface area (Å²) in [5.74, 6) is 1.07. The van der Waals surface area contributed by atoms with Crippen LogP contribution in [0.4, 0.5) is 0 Å². The average Bonchev–Trinajstić information content (AvgIpc) is 2.97. The summed E-state index contributed by atoms with van der Waals surface area (Å²) in [7, 11) is 0. The van der Waals surface area contributed by atoms with Crippen molar-refractivity contribution in [3.8, 4) is 0 Å². The molecule has 1 aromatic heterocycles. The Bertz CT molecular complexity index is 353. The Morgan fingerprint density at radius 3 is 2.82 bits per heavy atom. The Morgan fingerprint density at radius 2 is 2.18 bits per heavy atom. The first kappa shape index (κ1) is 12.8. The largest absolute Gasteiger partial charge is 0.312 e. The monoisotopic (exact) mass is 255 g/mol. The fourth-order valence-electron chi connectivity index (χ4n) is 1.53. The molecule has 0 atom stereocenters. The van der Waals surface area contributed by atoms with Gasteiger partial charge in [0.25, 0.3) is 0 Å². The second-order valence-corrected chi connectivity index (χ2v) is 6.58. The van der Waals surface area contributed by atoms with Crippen molar-refractivity contribution in [2.75, 3.05) is 12.3 Å². The van der Waals surface area contributed by atoms with Crippen molar-refractivity contribution in [2.45, 2.75) is 56.8 Å². The van der Waals surface area contributed by atoms with Gasteiger partial charge < -0.3 is 5.32 Å². The maximum Gasteiger partial charge on any atom is 0.209 e. The van der Waals surface area contributed by atoms with Crippen molar-refractivity contribution in [1.29, 1.82) is 0 Å². The van der Waals surface area contributed by atoms with Crippen molar-refractivity contribution in [3.05, 3.63) is 0 Å². The number of aromatic nitrogens is 4. The molecule has 1 heterocycles. The smallest absolute Gasteiger partial charge is 0.209 e. The first-order valence-electron chi connectivity index (χ1n) is 6.22. The van der Waals surface area contributed by atoms with E-state index in [9.17, 15) is 0 Å². The lowest BCUT2D eigenvalue weighted by molar-refractivity contribution is 0.427. The molecule has 0 bridgehead atoms. The van der Waals surface area contributed by atoms with E-state index >= 15 is 0 Å². The normalized spacial score (nSPS) is 16.4. The lowest BCUT2D eigenvalue weighted by Crippen LogP contribution is -2.36.